The van der Waals surface area contributed by atoms with Crippen LogP contribution in [0.5, 0.6) is 0 Å². The molecule has 1 aliphatic rings. The second-order valence-corrected chi connectivity index (χ2v) is 8.74. The fourth-order valence-electron chi connectivity index (χ4n) is 2.86. The summed E-state index contributed by atoms with van der Waals surface area (Å²) in [6.45, 7) is 6.87. The van der Waals surface area contributed by atoms with Crippen molar-refractivity contribution in [3.8, 4) is 0 Å². The molecule has 134 valence electrons. The van der Waals surface area contributed by atoms with E-state index in [0.29, 0.717) is 25.3 Å². The minimum Gasteiger partial charge on any atom is -0.389 e. The summed E-state index contributed by atoms with van der Waals surface area (Å²) in [5.74, 6) is 0. The maximum Gasteiger partial charge on any atom is 0.288 e. The molecule has 1 N–H and O–H groups in total. The molecule has 0 amide bonds. The van der Waals surface area contributed by atoms with Gasteiger partial charge in [-0.1, -0.05) is 0 Å². The van der Waals surface area contributed by atoms with Crippen LogP contribution >= 0.6 is 0 Å². The molecule has 2 rings (SSSR count). The second kappa shape index (κ2) is 6.66. The van der Waals surface area contributed by atoms with Gasteiger partial charge in [0.1, 0.15) is 4.90 Å². The van der Waals surface area contributed by atoms with E-state index < -0.39 is 26.0 Å². The number of nitro benzene ring substituents is 1. The lowest BCUT2D eigenvalue weighted by Crippen LogP contribution is -2.50. The van der Waals surface area contributed by atoms with Crippen molar-refractivity contribution in [3.05, 3.63) is 28.3 Å². The lowest BCUT2D eigenvalue weighted by Gasteiger charge is -2.38. The topological polar surface area (TPSA) is 104 Å². The van der Waals surface area contributed by atoms with Crippen molar-refractivity contribution in [2.75, 3.05) is 43.9 Å². The molecule has 0 bridgehead atoms. The van der Waals surface area contributed by atoms with E-state index >= 15 is 0 Å². The van der Waals surface area contributed by atoms with Crippen molar-refractivity contribution in [1.82, 2.24) is 4.90 Å². The summed E-state index contributed by atoms with van der Waals surface area (Å²) in [6.07, 6.45) is 0.973. The minimum absolute atomic E-state index is 0.260. The third-order valence-electron chi connectivity index (χ3n) is 3.89. The van der Waals surface area contributed by atoms with E-state index in [1.165, 1.54) is 12.1 Å². The van der Waals surface area contributed by atoms with Gasteiger partial charge < -0.3 is 10.0 Å². The van der Waals surface area contributed by atoms with Crippen LogP contribution < -0.4 is 4.90 Å². The molecule has 0 spiro atoms. The van der Waals surface area contributed by atoms with Crippen LogP contribution in [0.3, 0.4) is 0 Å². The first kappa shape index (κ1) is 18.6. The summed E-state index contributed by atoms with van der Waals surface area (Å²) in [5, 5.41) is 20.9. The van der Waals surface area contributed by atoms with Crippen molar-refractivity contribution < 1.29 is 18.4 Å². The Kier molecular flexibility index (Phi) is 5.17. The Hall–Kier alpha value is -1.71. The SMILES string of the molecule is CC(C)(O)CN1CCN(c2ccc([N+](=O)[O-])c(S(C)(=O)=O)c2)CC1. The van der Waals surface area contributed by atoms with Crippen molar-refractivity contribution in [2.24, 2.45) is 0 Å². The zero-order valence-electron chi connectivity index (χ0n) is 14.1. The Morgan fingerprint density at radius 2 is 1.83 bits per heavy atom. The van der Waals surface area contributed by atoms with Gasteiger partial charge >= 0.3 is 0 Å². The lowest BCUT2D eigenvalue weighted by atomic mass is 10.1. The molecule has 9 heteroatoms. The maximum atomic E-state index is 11.8. The number of hydrogen-bond donors (Lipinski definition) is 1. The van der Waals surface area contributed by atoms with Gasteiger partial charge in [0.2, 0.25) is 0 Å². The average Bonchev–Trinajstić information content (AvgIpc) is 2.44. The van der Waals surface area contributed by atoms with Crippen molar-refractivity contribution in [2.45, 2.75) is 24.3 Å². The quantitative estimate of drug-likeness (QED) is 0.616. The van der Waals surface area contributed by atoms with E-state index in [1.807, 2.05) is 4.90 Å². The number of benzene rings is 1. The first-order chi connectivity index (χ1) is 11.0. The standard InChI is InChI=1S/C15H23N3O5S/c1-15(2,19)11-16-6-8-17(9-7-16)12-4-5-13(18(20)21)14(10-12)24(3,22)23/h4-5,10,19H,6-9,11H2,1-3H3. The smallest absolute Gasteiger partial charge is 0.288 e. The van der Waals surface area contributed by atoms with Gasteiger partial charge in [0.15, 0.2) is 9.84 Å². The molecule has 1 fully saturated rings. The highest BCUT2D eigenvalue weighted by atomic mass is 32.2. The Morgan fingerprint density at radius 3 is 2.29 bits per heavy atom. The highest BCUT2D eigenvalue weighted by Crippen LogP contribution is 2.29. The van der Waals surface area contributed by atoms with Crippen molar-refractivity contribution >= 4 is 21.2 Å². The number of nitrogens with zero attached hydrogens (tertiary/aromatic N) is 3. The number of rotatable bonds is 5. The molecular weight excluding hydrogens is 334 g/mol. The molecule has 0 aliphatic carbocycles. The molecule has 0 radical (unpaired) electrons. The summed E-state index contributed by atoms with van der Waals surface area (Å²) in [5.41, 5.74) is -0.509. The molecule has 0 saturated carbocycles. The summed E-state index contributed by atoms with van der Waals surface area (Å²) in [4.78, 5) is 14.2. The first-order valence-corrected chi connectivity index (χ1v) is 9.55. The fourth-order valence-corrected chi connectivity index (χ4v) is 3.72. The molecule has 0 unspecified atom stereocenters. The molecule has 24 heavy (non-hydrogen) atoms. The predicted molar refractivity (Wildman–Crippen MR) is 91.2 cm³/mol. The van der Waals surface area contributed by atoms with E-state index in [-0.39, 0.29) is 4.90 Å². The Balaban J connectivity index is 2.18. The highest BCUT2D eigenvalue weighted by Gasteiger charge is 2.26. The number of hydrogen-bond acceptors (Lipinski definition) is 7. The van der Waals surface area contributed by atoms with Crippen molar-refractivity contribution in [1.29, 1.82) is 0 Å². The van der Waals surface area contributed by atoms with Gasteiger partial charge in [-0.25, -0.2) is 8.42 Å². The molecule has 1 aromatic rings. The van der Waals surface area contributed by atoms with Crippen LogP contribution in [-0.2, 0) is 9.84 Å². The Labute approximate surface area is 141 Å². The van der Waals surface area contributed by atoms with Gasteiger partial charge in [0.25, 0.3) is 5.69 Å². The van der Waals surface area contributed by atoms with E-state index in [9.17, 15) is 23.6 Å². The van der Waals surface area contributed by atoms with Crippen LogP contribution in [0.4, 0.5) is 11.4 Å². The zero-order chi connectivity index (χ0) is 18.1. The minimum atomic E-state index is -3.69. The van der Waals surface area contributed by atoms with E-state index in [4.69, 9.17) is 0 Å². The first-order valence-electron chi connectivity index (χ1n) is 7.65. The lowest BCUT2D eigenvalue weighted by molar-refractivity contribution is -0.387. The van der Waals surface area contributed by atoms with Gasteiger partial charge in [0, 0.05) is 50.7 Å². The van der Waals surface area contributed by atoms with Crippen LogP contribution in [0.25, 0.3) is 0 Å². The van der Waals surface area contributed by atoms with Gasteiger partial charge in [0.05, 0.1) is 10.5 Å². The number of anilines is 1. The zero-order valence-corrected chi connectivity index (χ0v) is 14.9. The monoisotopic (exact) mass is 357 g/mol. The predicted octanol–water partition coefficient (Wildman–Crippen LogP) is 0.891. The number of β-amino-alcohol motifs (C(OH)–C–C–N with tert-alkyl or cyclic N) is 1. The number of aliphatic hydroxyl groups is 1. The Bertz CT molecular complexity index is 719. The van der Waals surface area contributed by atoms with Crippen molar-refractivity contribution in [3.63, 3.8) is 0 Å². The largest absolute Gasteiger partial charge is 0.389 e. The van der Waals surface area contributed by atoms with Crippen LogP contribution in [0.15, 0.2) is 23.1 Å². The van der Waals surface area contributed by atoms with Gasteiger partial charge in [-0.2, -0.15) is 0 Å². The van der Waals surface area contributed by atoms with Crippen LogP contribution in [0.2, 0.25) is 0 Å². The highest BCUT2D eigenvalue weighted by molar-refractivity contribution is 7.90. The number of nitro groups is 1. The Morgan fingerprint density at radius 1 is 1.25 bits per heavy atom. The fraction of sp³-hybridized carbons (Fsp3) is 0.600. The average molecular weight is 357 g/mol. The van der Waals surface area contributed by atoms with E-state index in [0.717, 1.165) is 19.3 Å². The third-order valence-corrected chi connectivity index (χ3v) is 5.01. The van der Waals surface area contributed by atoms with Crippen LogP contribution in [0, 0.1) is 10.1 Å². The molecule has 0 atom stereocenters. The number of piperazine rings is 1. The molecule has 0 aromatic heterocycles. The summed E-state index contributed by atoms with van der Waals surface area (Å²) in [6, 6.07) is 4.20. The summed E-state index contributed by atoms with van der Waals surface area (Å²) >= 11 is 0. The van der Waals surface area contributed by atoms with Crippen LogP contribution in [-0.4, -0.2) is 67.9 Å². The van der Waals surface area contributed by atoms with E-state index in [1.54, 1.807) is 19.9 Å². The number of sulfone groups is 1. The summed E-state index contributed by atoms with van der Waals surface area (Å²) in [7, 11) is -3.69. The molecule has 1 aromatic carbocycles. The van der Waals surface area contributed by atoms with Gasteiger partial charge in [-0.05, 0) is 26.0 Å². The molecular formula is C15H23N3O5S. The molecule has 1 saturated heterocycles. The molecule has 1 aliphatic heterocycles. The van der Waals surface area contributed by atoms with Gasteiger partial charge in [-0.15, -0.1) is 0 Å². The van der Waals surface area contributed by atoms with Gasteiger partial charge in [-0.3, -0.25) is 15.0 Å². The van der Waals surface area contributed by atoms with E-state index in [2.05, 4.69) is 4.90 Å². The normalized spacial score (nSPS) is 17.1. The molecule has 8 nitrogen and oxygen atoms in total. The summed E-state index contributed by atoms with van der Waals surface area (Å²) < 4.78 is 23.7. The second-order valence-electron chi connectivity index (χ2n) is 6.76. The molecule has 1 heterocycles. The van der Waals surface area contributed by atoms with Crippen LogP contribution in [0.1, 0.15) is 13.8 Å². The maximum absolute atomic E-state index is 11.8. The third kappa shape index (κ3) is 4.65.